The minimum absolute atomic E-state index is 0.0110. The predicted octanol–water partition coefficient (Wildman–Crippen LogP) is 4.29. The molecule has 27 heavy (non-hydrogen) atoms. The van der Waals surface area contributed by atoms with Gasteiger partial charge in [0.25, 0.3) is 0 Å². The van der Waals surface area contributed by atoms with Crippen molar-refractivity contribution in [3.63, 3.8) is 0 Å². The highest BCUT2D eigenvalue weighted by molar-refractivity contribution is 6.42. The normalized spacial score (nSPS) is 30.1. The van der Waals surface area contributed by atoms with Crippen molar-refractivity contribution in [1.82, 2.24) is 9.80 Å². The van der Waals surface area contributed by atoms with E-state index in [-0.39, 0.29) is 17.7 Å². The number of benzene rings is 1. The minimum Gasteiger partial charge on any atom is -0.337 e. The van der Waals surface area contributed by atoms with E-state index >= 15 is 0 Å². The predicted molar refractivity (Wildman–Crippen MR) is 107 cm³/mol. The largest absolute Gasteiger partial charge is 0.337 e. The lowest BCUT2D eigenvalue weighted by Crippen LogP contribution is -2.58. The fourth-order valence-electron chi connectivity index (χ4n) is 5.09. The molecule has 3 atom stereocenters. The zero-order chi connectivity index (χ0) is 19.0. The van der Waals surface area contributed by atoms with Crippen molar-refractivity contribution in [2.24, 2.45) is 0 Å². The van der Waals surface area contributed by atoms with Gasteiger partial charge in [0, 0.05) is 25.0 Å². The molecule has 2 aliphatic heterocycles. The molecule has 2 heterocycles. The second-order valence-electron chi connectivity index (χ2n) is 8.02. The highest BCUT2D eigenvalue weighted by atomic mass is 35.5. The second kappa shape index (κ2) is 8.10. The van der Waals surface area contributed by atoms with Crippen LogP contribution < -0.4 is 0 Å². The molecule has 0 bridgehead atoms. The molecule has 146 valence electrons. The molecule has 3 aliphatic rings. The van der Waals surface area contributed by atoms with Crippen molar-refractivity contribution < 1.29 is 9.59 Å². The summed E-state index contributed by atoms with van der Waals surface area (Å²) in [6.07, 6.45) is 7.50. The summed E-state index contributed by atoms with van der Waals surface area (Å²) in [6, 6.07) is 5.77. The molecule has 0 radical (unpaired) electrons. The maximum absolute atomic E-state index is 13.4. The molecule has 0 aromatic heterocycles. The highest BCUT2D eigenvalue weighted by Gasteiger charge is 2.43. The van der Waals surface area contributed by atoms with Crippen LogP contribution in [0.1, 0.15) is 56.4 Å². The molecule has 3 fully saturated rings. The first-order valence-corrected chi connectivity index (χ1v) is 10.8. The molecule has 1 amide bonds. The quantitative estimate of drug-likeness (QED) is 0.700. The van der Waals surface area contributed by atoms with Gasteiger partial charge in [0.05, 0.1) is 10.0 Å². The summed E-state index contributed by atoms with van der Waals surface area (Å²) in [5, 5.41) is 0.828. The third-order valence-corrected chi connectivity index (χ3v) is 7.17. The van der Waals surface area contributed by atoms with Gasteiger partial charge < -0.3 is 4.90 Å². The van der Waals surface area contributed by atoms with Crippen LogP contribution in [0.5, 0.6) is 0 Å². The van der Waals surface area contributed by atoms with Gasteiger partial charge in [-0.3, -0.25) is 14.5 Å². The molecular formula is C21H26Cl2N2O2. The summed E-state index contributed by atoms with van der Waals surface area (Å²) < 4.78 is 0. The lowest BCUT2D eigenvalue weighted by Gasteiger charge is -2.46. The van der Waals surface area contributed by atoms with Crippen molar-refractivity contribution >= 4 is 34.9 Å². The smallest absolute Gasteiger partial charge is 0.237 e. The van der Waals surface area contributed by atoms with Crippen LogP contribution in [0.3, 0.4) is 0 Å². The van der Waals surface area contributed by atoms with E-state index in [1.54, 1.807) is 18.2 Å². The number of likely N-dealkylation sites (tertiary alicyclic amines) is 2. The number of amides is 1. The van der Waals surface area contributed by atoms with Crippen LogP contribution in [0.25, 0.3) is 0 Å². The van der Waals surface area contributed by atoms with Gasteiger partial charge in [-0.1, -0.05) is 42.1 Å². The summed E-state index contributed by atoms with van der Waals surface area (Å²) in [7, 11) is 0. The number of halogens is 2. The number of nitrogens with zero attached hydrogens (tertiary/aromatic N) is 2. The van der Waals surface area contributed by atoms with Gasteiger partial charge in [0.1, 0.15) is 5.92 Å². The van der Waals surface area contributed by atoms with Crippen molar-refractivity contribution in [3.05, 3.63) is 33.8 Å². The minimum atomic E-state index is -0.741. The van der Waals surface area contributed by atoms with Gasteiger partial charge >= 0.3 is 0 Å². The van der Waals surface area contributed by atoms with E-state index in [4.69, 9.17) is 23.2 Å². The topological polar surface area (TPSA) is 40.6 Å². The van der Waals surface area contributed by atoms with E-state index < -0.39 is 5.92 Å². The van der Waals surface area contributed by atoms with Crippen LogP contribution in [0.4, 0.5) is 0 Å². The maximum atomic E-state index is 13.4. The summed E-state index contributed by atoms with van der Waals surface area (Å²) in [5.74, 6) is -0.807. The number of hydrogen-bond acceptors (Lipinski definition) is 3. The number of hydrogen-bond donors (Lipinski definition) is 0. The van der Waals surface area contributed by atoms with Crippen molar-refractivity contribution in [1.29, 1.82) is 0 Å². The van der Waals surface area contributed by atoms with Gasteiger partial charge in [-0.25, -0.2) is 0 Å². The van der Waals surface area contributed by atoms with E-state index in [1.807, 2.05) is 4.90 Å². The van der Waals surface area contributed by atoms with E-state index in [0.29, 0.717) is 34.6 Å². The summed E-state index contributed by atoms with van der Waals surface area (Å²) in [4.78, 5) is 30.6. The Bertz CT molecular complexity index is 733. The lowest BCUT2D eigenvalue weighted by molar-refractivity contribution is -0.146. The van der Waals surface area contributed by atoms with E-state index in [1.165, 1.54) is 19.3 Å². The number of rotatable bonds is 3. The molecule has 3 unspecified atom stereocenters. The van der Waals surface area contributed by atoms with Gasteiger partial charge in [-0.05, 0) is 56.5 Å². The zero-order valence-electron chi connectivity index (χ0n) is 15.5. The molecule has 0 spiro atoms. The van der Waals surface area contributed by atoms with Gasteiger partial charge in [-0.15, -0.1) is 0 Å². The SMILES string of the molecule is O=C1CCN(C2CCCCC2N2CCCC2)C(=O)C1c1ccc(Cl)c(Cl)c1. The highest BCUT2D eigenvalue weighted by Crippen LogP contribution is 2.35. The van der Waals surface area contributed by atoms with E-state index in [9.17, 15) is 9.59 Å². The second-order valence-corrected chi connectivity index (χ2v) is 8.83. The first-order valence-electron chi connectivity index (χ1n) is 10.1. The molecule has 2 saturated heterocycles. The summed E-state index contributed by atoms with van der Waals surface area (Å²) in [5.41, 5.74) is 0.664. The number of carbonyl (C=O) groups excluding carboxylic acids is 2. The standard InChI is InChI=1S/C21H26Cl2N2O2/c22-15-8-7-14(13-16(15)23)20-19(26)9-12-25(21(20)27)18-6-2-1-5-17(18)24-10-3-4-11-24/h7-8,13,17-18,20H,1-6,9-12H2. The Morgan fingerprint density at radius 1 is 0.852 bits per heavy atom. The van der Waals surface area contributed by atoms with E-state index in [2.05, 4.69) is 4.90 Å². The molecule has 6 heteroatoms. The molecular weight excluding hydrogens is 383 g/mol. The third kappa shape index (κ3) is 3.76. The first kappa shape index (κ1) is 19.2. The summed E-state index contributed by atoms with van der Waals surface area (Å²) >= 11 is 12.2. The van der Waals surface area contributed by atoms with Crippen LogP contribution in [0.15, 0.2) is 18.2 Å². The third-order valence-electron chi connectivity index (χ3n) is 6.43. The molecule has 1 saturated carbocycles. The Morgan fingerprint density at radius 2 is 1.56 bits per heavy atom. The number of ketones is 1. The van der Waals surface area contributed by atoms with Crippen LogP contribution in [0, 0.1) is 0 Å². The van der Waals surface area contributed by atoms with Crippen LogP contribution >= 0.6 is 23.2 Å². The van der Waals surface area contributed by atoms with Gasteiger partial charge in [-0.2, -0.15) is 0 Å². The maximum Gasteiger partial charge on any atom is 0.237 e. The fourth-order valence-corrected chi connectivity index (χ4v) is 5.40. The van der Waals surface area contributed by atoms with Crippen molar-refractivity contribution in [2.45, 2.75) is 62.9 Å². The van der Waals surface area contributed by atoms with Crippen molar-refractivity contribution in [2.75, 3.05) is 19.6 Å². The average Bonchev–Trinajstić information content (AvgIpc) is 3.19. The Labute approximate surface area is 170 Å². The molecule has 4 rings (SSSR count). The average molecular weight is 409 g/mol. The molecule has 1 aromatic rings. The summed E-state index contributed by atoms with van der Waals surface area (Å²) in [6.45, 7) is 2.82. The molecule has 1 aliphatic carbocycles. The number of piperidine rings is 1. The number of carbonyl (C=O) groups is 2. The Kier molecular flexibility index (Phi) is 5.77. The Hall–Kier alpha value is -1.10. The van der Waals surface area contributed by atoms with Gasteiger partial charge in [0.15, 0.2) is 5.78 Å². The van der Waals surface area contributed by atoms with Crippen LogP contribution in [-0.4, -0.2) is 53.2 Å². The monoisotopic (exact) mass is 408 g/mol. The molecule has 0 N–H and O–H groups in total. The van der Waals surface area contributed by atoms with E-state index in [0.717, 1.165) is 32.4 Å². The number of Topliss-reactive ketones (excluding diaryl/α,β-unsaturated/α-hetero) is 1. The Morgan fingerprint density at radius 3 is 2.26 bits per heavy atom. The van der Waals surface area contributed by atoms with Crippen LogP contribution in [-0.2, 0) is 9.59 Å². The van der Waals surface area contributed by atoms with Gasteiger partial charge in [0.2, 0.25) is 5.91 Å². The molecule has 1 aromatic carbocycles. The van der Waals surface area contributed by atoms with Crippen LogP contribution in [0.2, 0.25) is 10.0 Å². The zero-order valence-corrected chi connectivity index (χ0v) is 17.0. The Balaban J connectivity index is 1.60. The molecule has 4 nitrogen and oxygen atoms in total. The lowest BCUT2D eigenvalue weighted by atomic mass is 9.83. The fraction of sp³-hybridized carbons (Fsp3) is 0.619. The van der Waals surface area contributed by atoms with Crippen molar-refractivity contribution in [3.8, 4) is 0 Å². The first-order chi connectivity index (χ1) is 13.1.